The molecule has 0 unspecified atom stereocenters. The number of halogens is 1. The number of carbonyl (C=O) groups is 2. The largest absolute Gasteiger partial charge is 0.348 e. The van der Waals surface area contributed by atoms with E-state index in [4.69, 9.17) is 11.6 Å². The van der Waals surface area contributed by atoms with Gasteiger partial charge in [0.05, 0.1) is 4.92 Å². The van der Waals surface area contributed by atoms with Crippen molar-refractivity contribution in [3.8, 4) is 0 Å². The number of nitro groups is 1. The Morgan fingerprint density at radius 3 is 2.86 bits per heavy atom. The van der Waals surface area contributed by atoms with Gasteiger partial charge in [-0.05, 0) is 25.5 Å². The third kappa shape index (κ3) is 3.73. The first-order valence-corrected chi connectivity index (χ1v) is 7.29. The second kappa shape index (κ2) is 6.74. The fourth-order valence-corrected chi connectivity index (χ4v) is 2.59. The first kappa shape index (κ1) is 16.2. The SMILES string of the molecule is C[C@H](CN1CCCC1=O)NC(=O)c1ccc(Cl)cc1[N+](=O)[O-]. The van der Waals surface area contributed by atoms with Crippen LogP contribution in [-0.2, 0) is 4.79 Å². The smallest absolute Gasteiger partial charge is 0.283 e. The first-order valence-electron chi connectivity index (χ1n) is 6.91. The molecule has 0 aliphatic carbocycles. The number of hydrogen-bond acceptors (Lipinski definition) is 4. The quantitative estimate of drug-likeness (QED) is 0.662. The van der Waals surface area contributed by atoms with Crippen LogP contribution >= 0.6 is 11.6 Å². The Balaban J connectivity index is 2.05. The van der Waals surface area contributed by atoms with E-state index in [0.717, 1.165) is 12.5 Å². The molecule has 1 fully saturated rings. The predicted octanol–water partition coefficient (Wildman–Crippen LogP) is 1.99. The minimum absolute atomic E-state index is 0.0472. The molecule has 7 nitrogen and oxygen atoms in total. The van der Waals surface area contributed by atoms with E-state index in [2.05, 4.69) is 5.32 Å². The highest BCUT2D eigenvalue weighted by atomic mass is 35.5. The summed E-state index contributed by atoms with van der Waals surface area (Å²) in [6.45, 7) is 2.83. The number of likely N-dealkylation sites (tertiary alicyclic amines) is 1. The Hall–Kier alpha value is -2.15. The fourth-order valence-electron chi connectivity index (χ4n) is 2.42. The second-order valence-electron chi connectivity index (χ2n) is 5.24. The summed E-state index contributed by atoms with van der Waals surface area (Å²) in [7, 11) is 0. The van der Waals surface area contributed by atoms with Crippen molar-refractivity contribution in [2.24, 2.45) is 0 Å². The summed E-state index contributed by atoms with van der Waals surface area (Å²) >= 11 is 5.72. The number of carbonyl (C=O) groups excluding carboxylic acids is 2. The van der Waals surface area contributed by atoms with Crippen LogP contribution in [0.2, 0.25) is 5.02 Å². The van der Waals surface area contributed by atoms with E-state index >= 15 is 0 Å². The predicted molar refractivity (Wildman–Crippen MR) is 80.8 cm³/mol. The summed E-state index contributed by atoms with van der Waals surface area (Å²) in [5.74, 6) is -0.485. The Bertz CT molecular complexity index is 620. The van der Waals surface area contributed by atoms with Gasteiger partial charge in [-0.3, -0.25) is 19.7 Å². The van der Waals surface area contributed by atoms with Crippen molar-refractivity contribution in [1.82, 2.24) is 10.2 Å². The number of amides is 2. The van der Waals surface area contributed by atoms with Crippen LogP contribution in [0.4, 0.5) is 5.69 Å². The Kier molecular flexibility index (Phi) is 4.97. The second-order valence-corrected chi connectivity index (χ2v) is 5.67. The molecule has 118 valence electrons. The standard InChI is InChI=1S/C14H16ClN3O4/c1-9(8-17-6-2-3-13(17)19)16-14(20)11-5-4-10(15)7-12(11)18(21)22/h4-5,7,9H,2-3,6,8H2,1H3,(H,16,20)/t9-/m1/s1. The molecular formula is C14H16ClN3O4. The molecule has 22 heavy (non-hydrogen) atoms. The summed E-state index contributed by atoms with van der Waals surface area (Å²) in [6.07, 6.45) is 1.35. The highest BCUT2D eigenvalue weighted by Crippen LogP contribution is 2.23. The lowest BCUT2D eigenvalue weighted by Gasteiger charge is -2.21. The normalized spacial score (nSPS) is 15.7. The van der Waals surface area contributed by atoms with Gasteiger partial charge in [0.25, 0.3) is 11.6 Å². The number of benzene rings is 1. The molecule has 0 aromatic heterocycles. The van der Waals surface area contributed by atoms with E-state index in [1.54, 1.807) is 11.8 Å². The molecule has 1 N–H and O–H groups in total. The van der Waals surface area contributed by atoms with E-state index in [-0.39, 0.29) is 28.2 Å². The summed E-state index contributed by atoms with van der Waals surface area (Å²) in [5.41, 5.74) is -0.386. The number of rotatable bonds is 5. The van der Waals surface area contributed by atoms with Gasteiger partial charge in [0.15, 0.2) is 0 Å². The molecule has 0 saturated carbocycles. The fraction of sp³-hybridized carbons (Fsp3) is 0.429. The van der Waals surface area contributed by atoms with Crippen LogP contribution in [0.15, 0.2) is 18.2 Å². The van der Waals surface area contributed by atoms with Gasteiger partial charge in [0.1, 0.15) is 5.56 Å². The molecule has 0 spiro atoms. The molecule has 1 aliphatic rings. The van der Waals surface area contributed by atoms with E-state index in [1.165, 1.54) is 12.1 Å². The van der Waals surface area contributed by atoms with Gasteiger partial charge in [-0.25, -0.2) is 0 Å². The zero-order valence-corrected chi connectivity index (χ0v) is 12.8. The van der Waals surface area contributed by atoms with Gasteiger partial charge >= 0.3 is 0 Å². The lowest BCUT2D eigenvalue weighted by atomic mass is 10.1. The average molecular weight is 326 g/mol. The third-order valence-corrected chi connectivity index (χ3v) is 3.68. The van der Waals surface area contributed by atoms with Gasteiger partial charge in [-0.1, -0.05) is 11.6 Å². The van der Waals surface area contributed by atoms with Gasteiger partial charge < -0.3 is 10.2 Å². The van der Waals surface area contributed by atoms with Gasteiger partial charge in [0, 0.05) is 36.6 Å². The summed E-state index contributed by atoms with van der Waals surface area (Å²) in [4.78, 5) is 35.8. The third-order valence-electron chi connectivity index (χ3n) is 3.44. The molecule has 1 saturated heterocycles. The number of hydrogen-bond donors (Lipinski definition) is 1. The molecule has 1 aromatic carbocycles. The number of nitrogens with zero attached hydrogens (tertiary/aromatic N) is 2. The minimum Gasteiger partial charge on any atom is -0.348 e. The van der Waals surface area contributed by atoms with E-state index in [9.17, 15) is 19.7 Å². The maximum atomic E-state index is 12.2. The van der Waals surface area contributed by atoms with Crippen molar-refractivity contribution < 1.29 is 14.5 Å². The number of nitrogens with one attached hydrogen (secondary N) is 1. The van der Waals surface area contributed by atoms with Crippen LogP contribution in [0.25, 0.3) is 0 Å². The molecule has 1 heterocycles. The van der Waals surface area contributed by atoms with Crippen molar-refractivity contribution in [3.05, 3.63) is 38.9 Å². The zero-order chi connectivity index (χ0) is 16.3. The van der Waals surface area contributed by atoms with Crippen LogP contribution in [0.5, 0.6) is 0 Å². The molecule has 1 aliphatic heterocycles. The number of nitro benzene ring substituents is 1. The van der Waals surface area contributed by atoms with Crippen LogP contribution in [0.1, 0.15) is 30.1 Å². The molecule has 1 aromatic rings. The molecule has 0 radical (unpaired) electrons. The highest BCUT2D eigenvalue weighted by molar-refractivity contribution is 6.31. The molecule has 0 bridgehead atoms. The van der Waals surface area contributed by atoms with Crippen LogP contribution < -0.4 is 5.32 Å². The Morgan fingerprint density at radius 1 is 1.55 bits per heavy atom. The van der Waals surface area contributed by atoms with E-state index in [0.29, 0.717) is 19.5 Å². The topological polar surface area (TPSA) is 92.6 Å². The van der Waals surface area contributed by atoms with E-state index in [1.807, 2.05) is 0 Å². The van der Waals surface area contributed by atoms with Crippen LogP contribution in [-0.4, -0.2) is 40.8 Å². The van der Waals surface area contributed by atoms with Crippen molar-refractivity contribution in [2.45, 2.75) is 25.8 Å². The minimum atomic E-state index is -0.643. The van der Waals surface area contributed by atoms with Gasteiger partial charge in [-0.15, -0.1) is 0 Å². The van der Waals surface area contributed by atoms with Crippen LogP contribution in [0.3, 0.4) is 0 Å². The first-order chi connectivity index (χ1) is 10.4. The van der Waals surface area contributed by atoms with E-state index < -0.39 is 10.8 Å². The van der Waals surface area contributed by atoms with Crippen molar-refractivity contribution in [1.29, 1.82) is 0 Å². The maximum Gasteiger partial charge on any atom is 0.283 e. The monoisotopic (exact) mass is 325 g/mol. The van der Waals surface area contributed by atoms with Gasteiger partial charge in [-0.2, -0.15) is 0 Å². The summed E-state index contributed by atoms with van der Waals surface area (Å²) in [6, 6.07) is 3.59. The lowest BCUT2D eigenvalue weighted by molar-refractivity contribution is -0.385. The van der Waals surface area contributed by atoms with Crippen molar-refractivity contribution in [3.63, 3.8) is 0 Å². The summed E-state index contributed by atoms with van der Waals surface area (Å²) < 4.78 is 0. The van der Waals surface area contributed by atoms with Gasteiger partial charge in [0.2, 0.25) is 5.91 Å². The molecule has 8 heteroatoms. The molecular weight excluding hydrogens is 310 g/mol. The average Bonchev–Trinajstić information content (AvgIpc) is 2.83. The molecule has 2 amide bonds. The Morgan fingerprint density at radius 2 is 2.27 bits per heavy atom. The zero-order valence-electron chi connectivity index (χ0n) is 12.0. The highest BCUT2D eigenvalue weighted by Gasteiger charge is 2.25. The Labute approximate surface area is 132 Å². The maximum absolute atomic E-state index is 12.2. The van der Waals surface area contributed by atoms with Crippen molar-refractivity contribution >= 4 is 29.1 Å². The summed E-state index contributed by atoms with van der Waals surface area (Å²) in [5, 5.41) is 13.9. The molecule has 2 rings (SSSR count). The van der Waals surface area contributed by atoms with Crippen molar-refractivity contribution in [2.75, 3.05) is 13.1 Å². The molecule has 1 atom stereocenters. The lowest BCUT2D eigenvalue weighted by Crippen LogP contribution is -2.42. The van der Waals surface area contributed by atoms with Crippen LogP contribution in [0, 0.1) is 10.1 Å².